The van der Waals surface area contributed by atoms with Crippen molar-refractivity contribution in [1.82, 2.24) is 10.6 Å². The van der Waals surface area contributed by atoms with Crippen LogP contribution >= 0.6 is 0 Å². The molecule has 1 aliphatic heterocycles. The summed E-state index contributed by atoms with van der Waals surface area (Å²) < 4.78 is 84.6. The number of alkyl carbamates (subject to hydrolysis) is 1. The Hall–Kier alpha value is -3.19. The second-order valence-electron chi connectivity index (χ2n) is 8.71. The van der Waals surface area contributed by atoms with Gasteiger partial charge in [-0.15, -0.1) is 13.2 Å². The van der Waals surface area contributed by atoms with E-state index in [2.05, 4.69) is 10.1 Å². The van der Waals surface area contributed by atoms with E-state index in [-0.39, 0.29) is 24.1 Å². The molecule has 196 valence electrons. The van der Waals surface area contributed by atoms with Gasteiger partial charge in [0.15, 0.2) is 0 Å². The molecule has 14 heteroatoms. The molecule has 0 saturated heterocycles. The molecule has 0 bridgehead atoms. The number of nitrogens with one attached hydrogen (secondary N) is 2. The van der Waals surface area contributed by atoms with Gasteiger partial charge in [-0.3, -0.25) is 14.5 Å². The largest absolute Gasteiger partial charge is 0.573 e. The van der Waals surface area contributed by atoms with E-state index in [9.17, 15) is 40.7 Å². The van der Waals surface area contributed by atoms with Gasteiger partial charge in [-0.2, -0.15) is 13.2 Å². The lowest BCUT2D eigenvalue weighted by atomic mass is 10.1. The fraction of sp³-hybridized carbons (Fsp3) is 0.571. The lowest BCUT2D eigenvalue weighted by Gasteiger charge is -2.29. The third-order valence-electron chi connectivity index (χ3n) is 4.67. The Morgan fingerprint density at radius 3 is 2.26 bits per heavy atom. The molecule has 3 amide bonds. The molecule has 0 unspecified atom stereocenters. The van der Waals surface area contributed by atoms with Crippen LogP contribution in [0.3, 0.4) is 0 Å². The Morgan fingerprint density at radius 1 is 1.11 bits per heavy atom. The number of halogens is 6. The standard InChI is InChI=1S/C21H25F6N3O5/c1-5-13(29-18(33)35-19(2,3)4)17(32)30-14-7-6-12(34-21(25,26)27)8-11(14)9-15(30)16(31)28-10-20(22,23)24/h6-8,13,15H,5,9-10H2,1-4H3,(H,28,31)(H,29,33)/t13-,15+/m0/s1. The molecule has 8 nitrogen and oxygen atoms in total. The average Bonchev–Trinajstić information content (AvgIpc) is 3.05. The lowest BCUT2D eigenvalue weighted by molar-refractivity contribution is -0.274. The number of hydrogen-bond donors (Lipinski definition) is 2. The monoisotopic (exact) mass is 513 g/mol. The highest BCUT2D eigenvalue weighted by molar-refractivity contribution is 6.06. The van der Waals surface area contributed by atoms with Crippen LogP contribution in [0.2, 0.25) is 0 Å². The summed E-state index contributed by atoms with van der Waals surface area (Å²) in [6, 6.07) is 0.203. The number of amides is 3. The minimum absolute atomic E-state index is 0.00104. The van der Waals surface area contributed by atoms with Gasteiger partial charge < -0.3 is 20.1 Å². The number of carbonyl (C=O) groups is 3. The Bertz CT molecular complexity index is 958. The quantitative estimate of drug-likeness (QED) is 0.564. The maximum Gasteiger partial charge on any atom is 0.573 e. The van der Waals surface area contributed by atoms with Gasteiger partial charge in [0, 0.05) is 12.1 Å². The predicted molar refractivity (Wildman–Crippen MR) is 111 cm³/mol. The van der Waals surface area contributed by atoms with E-state index in [1.54, 1.807) is 26.1 Å². The van der Waals surface area contributed by atoms with Gasteiger partial charge in [0.25, 0.3) is 0 Å². The Morgan fingerprint density at radius 2 is 1.74 bits per heavy atom. The molecule has 0 radical (unpaired) electrons. The van der Waals surface area contributed by atoms with Crippen molar-refractivity contribution in [1.29, 1.82) is 0 Å². The molecule has 2 atom stereocenters. The molecule has 0 spiro atoms. The number of benzene rings is 1. The van der Waals surface area contributed by atoms with Crippen LogP contribution in [-0.4, -0.2) is 54.7 Å². The molecule has 1 aromatic carbocycles. The first kappa shape index (κ1) is 28.1. The van der Waals surface area contributed by atoms with Gasteiger partial charge in [0.1, 0.15) is 30.0 Å². The number of rotatable bonds is 6. The molecule has 1 aliphatic rings. The number of hydrogen-bond acceptors (Lipinski definition) is 5. The molecule has 1 heterocycles. The topological polar surface area (TPSA) is 97.0 Å². The van der Waals surface area contributed by atoms with Crippen molar-refractivity contribution in [3.05, 3.63) is 23.8 Å². The first-order chi connectivity index (χ1) is 15.9. The van der Waals surface area contributed by atoms with E-state index < -0.39 is 60.4 Å². The SMILES string of the molecule is CC[C@H](NC(=O)OC(C)(C)C)C(=O)N1c2ccc(OC(F)(F)F)cc2C[C@@H]1C(=O)NCC(F)(F)F. The van der Waals surface area contributed by atoms with Crippen molar-refractivity contribution in [2.75, 3.05) is 11.4 Å². The van der Waals surface area contributed by atoms with Gasteiger partial charge >= 0.3 is 18.6 Å². The van der Waals surface area contributed by atoms with Gasteiger partial charge in [-0.25, -0.2) is 4.79 Å². The number of alkyl halides is 6. The van der Waals surface area contributed by atoms with E-state index in [1.807, 2.05) is 0 Å². The second-order valence-corrected chi connectivity index (χ2v) is 8.71. The Labute approximate surface area is 196 Å². The molecule has 2 N–H and O–H groups in total. The van der Waals surface area contributed by atoms with Gasteiger partial charge in [0.2, 0.25) is 11.8 Å². The van der Waals surface area contributed by atoms with Crippen LogP contribution in [0, 0.1) is 0 Å². The molecule has 0 aromatic heterocycles. The summed E-state index contributed by atoms with van der Waals surface area (Å²) >= 11 is 0. The van der Waals surface area contributed by atoms with E-state index >= 15 is 0 Å². The third-order valence-corrected chi connectivity index (χ3v) is 4.67. The number of nitrogens with zero attached hydrogens (tertiary/aromatic N) is 1. The maximum absolute atomic E-state index is 13.3. The van der Waals surface area contributed by atoms with Crippen molar-refractivity contribution in [3.8, 4) is 5.75 Å². The highest BCUT2D eigenvalue weighted by Crippen LogP contribution is 2.37. The van der Waals surface area contributed by atoms with Crippen LogP contribution in [-0.2, 0) is 20.7 Å². The molecule has 0 fully saturated rings. The highest BCUT2D eigenvalue weighted by Gasteiger charge is 2.42. The number of ether oxygens (including phenoxy) is 2. The number of anilines is 1. The zero-order valence-electron chi connectivity index (χ0n) is 19.3. The molecule has 2 rings (SSSR count). The minimum Gasteiger partial charge on any atom is -0.444 e. The van der Waals surface area contributed by atoms with Crippen molar-refractivity contribution < 1.29 is 50.2 Å². The summed E-state index contributed by atoms with van der Waals surface area (Å²) in [4.78, 5) is 38.9. The van der Waals surface area contributed by atoms with Gasteiger partial charge in [0.05, 0.1) is 0 Å². The molecule has 35 heavy (non-hydrogen) atoms. The Kier molecular flexibility index (Phi) is 8.17. The Balaban J connectivity index is 2.37. The third kappa shape index (κ3) is 8.21. The molecule has 0 aliphatic carbocycles. The minimum atomic E-state index is -5.00. The van der Waals surface area contributed by atoms with Crippen LogP contribution in [0.4, 0.5) is 36.8 Å². The van der Waals surface area contributed by atoms with Crippen molar-refractivity contribution >= 4 is 23.6 Å². The zero-order chi connectivity index (χ0) is 26.8. The van der Waals surface area contributed by atoms with E-state index in [0.717, 1.165) is 23.1 Å². The van der Waals surface area contributed by atoms with Crippen molar-refractivity contribution in [2.45, 2.75) is 70.8 Å². The number of carbonyl (C=O) groups excluding carboxylic acids is 3. The fourth-order valence-electron chi connectivity index (χ4n) is 3.37. The molecular formula is C21H25F6N3O5. The van der Waals surface area contributed by atoms with Crippen molar-refractivity contribution in [3.63, 3.8) is 0 Å². The smallest absolute Gasteiger partial charge is 0.444 e. The van der Waals surface area contributed by atoms with Gasteiger partial charge in [-0.05, 0) is 51.0 Å². The van der Waals surface area contributed by atoms with Crippen molar-refractivity contribution in [2.24, 2.45) is 0 Å². The van der Waals surface area contributed by atoms with Crippen LogP contribution in [0.1, 0.15) is 39.7 Å². The van der Waals surface area contributed by atoms with Gasteiger partial charge in [-0.1, -0.05) is 6.92 Å². The fourth-order valence-corrected chi connectivity index (χ4v) is 3.37. The molecular weight excluding hydrogens is 488 g/mol. The first-order valence-corrected chi connectivity index (χ1v) is 10.5. The summed E-state index contributed by atoms with van der Waals surface area (Å²) in [6.45, 7) is 4.64. The summed E-state index contributed by atoms with van der Waals surface area (Å²) in [5.74, 6) is -2.65. The van der Waals surface area contributed by atoms with Crippen LogP contribution < -0.4 is 20.3 Å². The predicted octanol–water partition coefficient (Wildman–Crippen LogP) is 3.82. The van der Waals surface area contributed by atoms with Crippen LogP contribution in [0.25, 0.3) is 0 Å². The maximum atomic E-state index is 13.3. The summed E-state index contributed by atoms with van der Waals surface area (Å²) in [5.41, 5.74) is -0.818. The molecule has 0 saturated carbocycles. The normalized spacial score (nSPS) is 16.9. The first-order valence-electron chi connectivity index (χ1n) is 10.5. The van der Waals surface area contributed by atoms with E-state index in [1.165, 1.54) is 6.92 Å². The second kappa shape index (κ2) is 10.2. The van der Waals surface area contributed by atoms with E-state index in [0.29, 0.717) is 0 Å². The molecule has 1 aromatic rings. The van der Waals surface area contributed by atoms with Crippen LogP contribution in [0.5, 0.6) is 5.75 Å². The average molecular weight is 513 g/mol. The summed E-state index contributed by atoms with van der Waals surface area (Å²) in [6.07, 6.45) is -11.0. The zero-order valence-corrected chi connectivity index (χ0v) is 19.3. The highest BCUT2D eigenvalue weighted by atomic mass is 19.4. The van der Waals surface area contributed by atoms with Crippen LogP contribution in [0.15, 0.2) is 18.2 Å². The summed E-state index contributed by atoms with van der Waals surface area (Å²) in [7, 11) is 0. The number of fused-ring (bicyclic) bond motifs is 1. The van der Waals surface area contributed by atoms with E-state index in [4.69, 9.17) is 4.74 Å². The summed E-state index contributed by atoms with van der Waals surface area (Å²) in [5, 5.41) is 4.04. The lowest BCUT2D eigenvalue weighted by Crippen LogP contribution is -2.55.